The van der Waals surface area contributed by atoms with Crippen LogP contribution in [0.15, 0.2) is 0 Å². The molecule has 0 heterocycles. The van der Waals surface area contributed by atoms with E-state index in [-0.39, 0.29) is 24.7 Å². The lowest BCUT2D eigenvalue weighted by molar-refractivity contribution is -0.143. The molecule has 0 spiro atoms. The number of nitrogens with one attached hydrogen (secondary N) is 3. The Morgan fingerprint density at radius 2 is 1.44 bits per heavy atom. The number of hydrogen-bond acceptors (Lipinski definition) is 7. The number of aliphatic carboxylic acids is 2. The van der Waals surface area contributed by atoms with Crippen LogP contribution in [0, 0.1) is 11.8 Å². The van der Waals surface area contributed by atoms with Gasteiger partial charge in [-0.2, -0.15) is 0 Å². The maximum Gasteiger partial charge on any atom is 0.326 e. The van der Waals surface area contributed by atoms with E-state index in [0.29, 0.717) is 6.42 Å². The molecule has 0 aliphatic rings. The Morgan fingerprint density at radius 1 is 0.875 bits per heavy atom. The summed E-state index contributed by atoms with van der Waals surface area (Å²) in [7, 11) is 0. The van der Waals surface area contributed by atoms with Gasteiger partial charge in [0.2, 0.25) is 17.7 Å². The third-order valence-corrected chi connectivity index (χ3v) is 4.93. The summed E-state index contributed by atoms with van der Waals surface area (Å²) in [5.74, 6) is -5.12. The quantitative estimate of drug-likeness (QED) is 0.156. The van der Waals surface area contributed by atoms with Crippen molar-refractivity contribution in [3.8, 4) is 0 Å². The monoisotopic (exact) mass is 460 g/mol. The number of aliphatic hydroxyl groups is 1. The number of carboxylic acids is 2. The van der Waals surface area contributed by atoms with E-state index in [9.17, 15) is 29.1 Å². The van der Waals surface area contributed by atoms with Crippen molar-refractivity contribution in [1.82, 2.24) is 16.0 Å². The minimum absolute atomic E-state index is 0.0483. The van der Waals surface area contributed by atoms with Gasteiger partial charge in [-0.3, -0.25) is 19.2 Å². The molecule has 0 aromatic rings. The van der Waals surface area contributed by atoms with Gasteiger partial charge >= 0.3 is 11.9 Å². The predicted octanol–water partition coefficient (Wildman–Crippen LogP) is -1.20. The van der Waals surface area contributed by atoms with Gasteiger partial charge in [0, 0.05) is 6.42 Å². The zero-order valence-corrected chi connectivity index (χ0v) is 19.0. The van der Waals surface area contributed by atoms with Crippen molar-refractivity contribution in [2.75, 3.05) is 6.61 Å². The van der Waals surface area contributed by atoms with Crippen LogP contribution in [-0.4, -0.2) is 75.8 Å². The van der Waals surface area contributed by atoms with E-state index in [1.54, 1.807) is 27.7 Å². The minimum Gasteiger partial charge on any atom is -0.481 e. The summed E-state index contributed by atoms with van der Waals surface area (Å²) < 4.78 is 0. The average molecular weight is 461 g/mol. The van der Waals surface area contributed by atoms with E-state index < -0.39 is 66.9 Å². The smallest absolute Gasteiger partial charge is 0.326 e. The first kappa shape index (κ1) is 29.3. The molecular formula is C20H36N4O8. The molecule has 0 rings (SSSR count). The molecule has 32 heavy (non-hydrogen) atoms. The Hall–Kier alpha value is -2.73. The van der Waals surface area contributed by atoms with Crippen LogP contribution in [0.5, 0.6) is 0 Å². The number of carbonyl (C=O) groups excluding carboxylic acids is 3. The third-order valence-electron chi connectivity index (χ3n) is 4.93. The minimum atomic E-state index is -1.43. The van der Waals surface area contributed by atoms with Crippen molar-refractivity contribution >= 4 is 29.7 Å². The maximum atomic E-state index is 12.9. The molecule has 5 unspecified atom stereocenters. The van der Waals surface area contributed by atoms with Crippen molar-refractivity contribution in [3.05, 3.63) is 0 Å². The molecule has 12 nitrogen and oxygen atoms in total. The fourth-order valence-corrected chi connectivity index (χ4v) is 2.81. The van der Waals surface area contributed by atoms with Crippen molar-refractivity contribution in [1.29, 1.82) is 0 Å². The predicted molar refractivity (Wildman–Crippen MR) is 114 cm³/mol. The van der Waals surface area contributed by atoms with Crippen molar-refractivity contribution < 1.29 is 39.3 Å². The van der Waals surface area contributed by atoms with Crippen LogP contribution in [0.3, 0.4) is 0 Å². The first-order valence-electron chi connectivity index (χ1n) is 10.6. The van der Waals surface area contributed by atoms with Gasteiger partial charge in [0.15, 0.2) is 0 Å². The van der Waals surface area contributed by atoms with Gasteiger partial charge in [-0.1, -0.05) is 34.1 Å². The van der Waals surface area contributed by atoms with Crippen molar-refractivity contribution in [3.63, 3.8) is 0 Å². The van der Waals surface area contributed by atoms with E-state index >= 15 is 0 Å². The van der Waals surface area contributed by atoms with Gasteiger partial charge in [0.05, 0.1) is 6.61 Å². The molecule has 5 atom stereocenters. The SMILES string of the molecule is CCC(C)C(NC(=O)C(N)CO)C(=O)NC(CC(C)C)C(=O)NC(CCC(=O)O)C(=O)O. The molecular weight excluding hydrogens is 424 g/mol. The van der Waals surface area contributed by atoms with E-state index in [0.717, 1.165) is 0 Å². The Kier molecular flexibility index (Phi) is 13.1. The Labute approximate surface area is 187 Å². The van der Waals surface area contributed by atoms with Crippen LogP contribution in [0.25, 0.3) is 0 Å². The standard InChI is InChI=1S/C20H36N4O8/c1-5-11(4)16(24-17(28)12(21)9-25)19(30)23-14(8-10(2)3)18(29)22-13(20(31)32)6-7-15(26)27/h10-14,16,25H,5-9,21H2,1-4H3,(H,22,29)(H,23,30)(H,24,28)(H,26,27)(H,31,32). The van der Waals surface area contributed by atoms with Gasteiger partial charge in [-0.25, -0.2) is 4.79 Å². The van der Waals surface area contributed by atoms with Crippen LogP contribution in [-0.2, 0) is 24.0 Å². The second-order valence-electron chi connectivity index (χ2n) is 8.18. The highest BCUT2D eigenvalue weighted by molar-refractivity contribution is 5.94. The van der Waals surface area contributed by atoms with Crippen LogP contribution in [0.4, 0.5) is 0 Å². The second-order valence-corrected chi connectivity index (χ2v) is 8.18. The lowest BCUT2D eigenvalue weighted by atomic mass is 9.96. The third kappa shape index (κ3) is 10.5. The first-order valence-corrected chi connectivity index (χ1v) is 10.6. The first-order chi connectivity index (χ1) is 14.8. The van der Waals surface area contributed by atoms with E-state index in [1.807, 2.05) is 0 Å². The molecule has 12 heteroatoms. The molecule has 3 amide bonds. The zero-order valence-electron chi connectivity index (χ0n) is 19.0. The Balaban J connectivity index is 5.51. The summed E-state index contributed by atoms with van der Waals surface area (Å²) in [5.41, 5.74) is 5.50. The van der Waals surface area contributed by atoms with Gasteiger partial charge in [0.1, 0.15) is 24.2 Å². The van der Waals surface area contributed by atoms with Crippen LogP contribution < -0.4 is 21.7 Å². The maximum absolute atomic E-state index is 12.9. The highest BCUT2D eigenvalue weighted by atomic mass is 16.4. The molecule has 0 saturated heterocycles. The zero-order chi connectivity index (χ0) is 25.0. The van der Waals surface area contributed by atoms with E-state index in [2.05, 4.69) is 16.0 Å². The van der Waals surface area contributed by atoms with Gasteiger partial charge in [-0.15, -0.1) is 0 Å². The molecule has 8 N–H and O–H groups in total. The Morgan fingerprint density at radius 3 is 1.88 bits per heavy atom. The number of nitrogens with two attached hydrogens (primary N) is 1. The molecule has 184 valence electrons. The number of carboxylic acid groups (broad SMARTS) is 2. The molecule has 0 aliphatic carbocycles. The fraction of sp³-hybridized carbons (Fsp3) is 0.750. The molecule has 0 fully saturated rings. The van der Waals surface area contributed by atoms with Crippen LogP contribution >= 0.6 is 0 Å². The summed E-state index contributed by atoms with van der Waals surface area (Å²) in [5, 5.41) is 34.4. The lowest BCUT2D eigenvalue weighted by Gasteiger charge is -2.28. The van der Waals surface area contributed by atoms with Crippen molar-refractivity contribution in [2.24, 2.45) is 17.6 Å². The summed E-state index contributed by atoms with van der Waals surface area (Å²) in [6.07, 6.45) is -0.0702. The number of carbonyl (C=O) groups is 5. The largest absolute Gasteiger partial charge is 0.481 e. The Bertz CT molecular complexity index is 670. The lowest BCUT2D eigenvalue weighted by Crippen LogP contribution is -2.59. The molecule has 0 aliphatic heterocycles. The van der Waals surface area contributed by atoms with Crippen LogP contribution in [0.1, 0.15) is 53.4 Å². The van der Waals surface area contributed by atoms with E-state index in [1.165, 1.54) is 0 Å². The van der Waals surface area contributed by atoms with Gasteiger partial charge < -0.3 is 37.0 Å². The number of hydrogen-bond donors (Lipinski definition) is 7. The number of amides is 3. The summed E-state index contributed by atoms with van der Waals surface area (Å²) >= 11 is 0. The topological polar surface area (TPSA) is 208 Å². The molecule has 0 aromatic carbocycles. The normalized spacial score (nSPS) is 15.7. The van der Waals surface area contributed by atoms with Crippen molar-refractivity contribution in [2.45, 2.75) is 77.5 Å². The molecule has 0 aromatic heterocycles. The summed E-state index contributed by atoms with van der Waals surface area (Å²) in [6, 6.07) is -4.79. The fourth-order valence-electron chi connectivity index (χ4n) is 2.81. The van der Waals surface area contributed by atoms with Gasteiger partial charge in [0.25, 0.3) is 0 Å². The highest BCUT2D eigenvalue weighted by Crippen LogP contribution is 2.11. The summed E-state index contributed by atoms with van der Waals surface area (Å²) in [4.78, 5) is 59.9. The molecule has 0 saturated carbocycles. The molecule has 0 bridgehead atoms. The van der Waals surface area contributed by atoms with Gasteiger partial charge in [-0.05, 0) is 24.7 Å². The number of aliphatic hydroxyl groups excluding tert-OH is 1. The molecule has 0 radical (unpaired) electrons. The second kappa shape index (κ2) is 14.4. The number of rotatable bonds is 15. The summed E-state index contributed by atoms with van der Waals surface area (Å²) in [6.45, 7) is 6.53. The average Bonchev–Trinajstić information content (AvgIpc) is 2.71. The highest BCUT2D eigenvalue weighted by Gasteiger charge is 2.32. The van der Waals surface area contributed by atoms with E-state index in [4.69, 9.17) is 15.9 Å². The van der Waals surface area contributed by atoms with Crippen LogP contribution in [0.2, 0.25) is 0 Å².